The second kappa shape index (κ2) is 7.44. The standard InChI is InChI=1S/C17H18Br2N8O4/c1-22-10-8(12(28)24(3)16(22)30)26(14(18)20-10)6-5-7-27-9-11(21-15(27)19)23(2)17(31)25(4)13(9)29/h5-7H2,1-4H3. The van der Waals surface area contributed by atoms with Crippen molar-refractivity contribution in [2.75, 3.05) is 0 Å². The Morgan fingerprint density at radius 2 is 1.00 bits per heavy atom. The Bertz CT molecular complexity index is 1490. The van der Waals surface area contributed by atoms with E-state index in [4.69, 9.17) is 0 Å². The number of halogens is 2. The van der Waals surface area contributed by atoms with E-state index in [1.807, 2.05) is 0 Å². The van der Waals surface area contributed by atoms with Gasteiger partial charge >= 0.3 is 11.4 Å². The lowest BCUT2D eigenvalue weighted by atomic mass is 10.4. The molecule has 0 bridgehead atoms. The van der Waals surface area contributed by atoms with Gasteiger partial charge in [-0.25, -0.2) is 19.6 Å². The molecule has 164 valence electrons. The summed E-state index contributed by atoms with van der Waals surface area (Å²) in [6.07, 6.45) is 0.520. The summed E-state index contributed by atoms with van der Waals surface area (Å²) in [5, 5.41) is 0. The lowest BCUT2D eigenvalue weighted by molar-refractivity contribution is 0.563. The summed E-state index contributed by atoms with van der Waals surface area (Å²) in [5.74, 6) is 0. The van der Waals surface area contributed by atoms with Gasteiger partial charge in [-0.3, -0.25) is 27.9 Å². The van der Waals surface area contributed by atoms with Crippen LogP contribution in [0.1, 0.15) is 6.42 Å². The van der Waals surface area contributed by atoms with Gasteiger partial charge in [-0.05, 0) is 38.3 Å². The molecule has 0 unspecified atom stereocenters. The van der Waals surface area contributed by atoms with Gasteiger partial charge in [0, 0.05) is 41.3 Å². The van der Waals surface area contributed by atoms with Crippen LogP contribution in [0.4, 0.5) is 0 Å². The molecule has 0 radical (unpaired) electrons. The van der Waals surface area contributed by atoms with Crippen molar-refractivity contribution in [3.8, 4) is 0 Å². The Labute approximate surface area is 190 Å². The lowest BCUT2D eigenvalue weighted by Gasteiger charge is -2.10. The van der Waals surface area contributed by atoms with E-state index in [2.05, 4.69) is 41.8 Å². The Hall–Kier alpha value is -2.74. The smallest absolute Gasteiger partial charge is 0.313 e. The molecule has 0 N–H and O–H groups in total. The first-order valence-electron chi connectivity index (χ1n) is 9.19. The van der Waals surface area contributed by atoms with Crippen LogP contribution in [-0.4, -0.2) is 37.4 Å². The average molecular weight is 558 g/mol. The first kappa shape index (κ1) is 21.5. The van der Waals surface area contributed by atoms with Gasteiger partial charge in [0.05, 0.1) is 0 Å². The monoisotopic (exact) mass is 556 g/mol. The summed E-state index contributed by atoms with van der Waals surface area (Å²) in [5.41, 5.74) is -0.580. The molecule has 0 atom stereocenters. The zero-order chi connectivity index (χ0) is 22.8. The first-order valence-corrected chi connectivity index (χ1v) is 10.8. The normalized spacial score (nSPS) is 11.8. The zero-order valence-electron chi connectivity index (χ0n) is 17.1. The summed E-state index contributed by atoms with van der Waals surface area (Å²) in [6.45, 7) is 0.783. The first-order chi connectivity index (χ1) is 14.6. The van der Waals surface area contributed by atoms with Gasteiger partial charge in [-0.1, -0.05) is 0 Å². The maximum atomic E-state index is 12.7. The minimum Gasteiger partial charge on any atom is -0.313 e. The van der Waals surface area contributed by atoms with Gasteiger partial charge in [0.25, 0.3) is 11.1 Å². The highest BCUT2D eigenvalue weighted by atomic mass is 79.9. The average Bonchev–Trinajstić information content (AvgIpc) is 3.25. The number of nitrogens with zero attached hydrogens (tertiary/aromatic N) is 8. The fraction of sp³-hybridized carbons (Fsp3) is 0.412. The molecule has 4 aromatic heterocycles. The van der Waals surface area contributed by atoms with Crippen LogP contribution in [0, 0.1) is 0 Å². The van der Waals surface area contributed by atoms with Crippen molar-refractivity contribution in [3.05, 3.63) is 51.1 Å². The third-order valence-corrected chi connectivity index (χ3v) is 6.58. The molecule has 0 amide bonds. The van der Waals surface area contributed by atoms with Crippen molar-refractivity contribution in [2.45, 2.75) is 19.5 Å². The summed E-state index contributed by atoms with van der Waals surface area (Å²) >= 11 is 6.73. The van der Waals surface area contributed by atoms with Crippen molar-refractivity contribution in [2.24, 2.45) is 28.2 Å². The predicted molar refractivity (Wildman–Crippen MR) is 120 cm³/mol. The molecule has 0 saturated heterocycles. The van der Waals surface area contributed by atoms with Gasteiger partial charge < -0.3 is 9.13 Å². The molecule has 0 aliphatic heterocycles. The van der Waals surface area contributed by atoms with E-state index in [-0.39, 0.29) is 11.3 Å². The lowest BCUT2D eigenvalue weighted by Crippen LogP contribution is -2.37. The van der Waals surface area contributed by atoms with Crippen LogP contribution in [-0.2, 0) is 41.3 Å². The van der Waals surface area contributed by atoms with Crippen molar-refractivity contribution in [3.63, 3.8) is 0 Å². The Balaban J connectivity index is 1.75. The predicted octanol–water partition coefficient (Wildman–Crippen LogP) is -0.204. The highest BCUT2D eigenvalue weighted by Gasteiger charge is 2.20. The van der Waals surface area contributed by atoms with Crippen molar-refractivity contribution in [1.29, 1.82) is 0 Å². The number of hydrogen-bond donors (Lipinski definition) is 0. The number of aryl methyl sites for hydroxylation is 4. The van der Waals surface area contributed by atoms with Crippen molar-refractivity contribution in [1.82, 2.24) is 37.4 Å². The second-order valence-electron chi connectivity index (χ2n) is 7.17. The fourth-order valence-corrected chi connectivity index (χ4v) is 4.68. The molecule has 0 saturated carbocycles. The van der Waals surface area contributed by atoms with E-state index >= 15 is 0 Å². The summed E-state index contributed by atoms with van der Waals surface area (Å²) in [4.78, 5) is 58.3. The second-order valence-corrected chi connectivity index (χ2v) is 8.59. The highest BCUT2D eigenvalue weighted by Crippen LogP contribution is 2.19. The SMILES string of the molecule is Cn1c(=O)c2c(nc(Br)n2CCCn2c(Br)nc3c2c(=O)n(C)c(=O)n3C)n(C)c1=O. The van der Waals surface area contributed by atoms with Crippen molar-refractivity contribution >= 4 is 54.2 Å². The molecule has 14 heteroatoms. The summed E-state index contributed by atoms with van der Waals surface area (Å²) in [7, 11) is 5.96. The number of aromatic nitrogens is 8. The number of hydrogen-bond acceptors (Lipinski definition) is 6. The number of imidazole rings is 2. The van der Waals surface area contributed by atoms with E-state index in [0.29, 0.717) is 40.0 Å². The van der Waals surface area contributed by atoms with Gasteiger partial charge in [-0.2, -0.15) is 0 Å². The maximum Gasteiger partial charge on any atom is 0.332 e. The van der Waals surface area contributed by atoms with E-state index < -0.39 is 22.5 Å². The summed E-state index contributed by atoms with van der Waals surface area (Å²) in [6, 6.07) is 0. The molecule has 4 heterocycles. The zero-order valence-corrected chi connectivity index (χ0v) is 20.3. The van der Waals surface area contributed by atoms with Gasteiger partial charge in [0.15, 0.2) is 31.8 Å². The largest absolute Gasteiger partial charge is 0.332 e. The maximum absolute atomic E-state index is 12.7. The number of fused-ring (bicyclic) bond motifs is 2. The topological polar surface area (TPSA) is 124 Å². The van der Waals surface area contributed by atoms with Crippen molar-refractivity contribution < 1.29 is 0 Å². The molecule has 0 aromatic carbocycles. The fourth-order valence-electron chi connectivity index (χ4n) is 3.63. The molecule has 31 heavy (non-hydrogen) atoms. The third-order valence-electron chi connectivity index (χ3n) is 5.37. The van der Waals surface area contributed by atoms with Crippen LogP contribution in [0.3, 0.4) is 0 Å². The molecule has 0 spiro atoms. The van der Waals surface area contributed by atoms with Crippen LogP contribution in [0.15, 0.2) is 28.6 Å². The Morgan fingerprint density at radius 3 is 1.35 bits per heavy atom. The van der Waals surface area contributed by atoms with E-state index in [1.165, 1.54) is 23.2 Å². The Morgan fingerprint density at radius 1 is 0.645 bits per heavy atom. The molecule has 0 fully saturated rings. The van der Waals surface area contributed by atoms with E-state index in [9.17, 15) is 19.2 Å². The van der Waals surface area contributed by atoms with Gasteiger partial charge in [0.2, 0.25) is 0 Å². The molecule has 4 rings (SSSR count). The summed E-state index contributed by atoms with van der Waals surface area (Å²) < 4.78 is 8.96. The number of rotatable bonds is 4. The highest BCUT2D eigenvalue weighted by molar-refractivity contribution is 9.10. The molecular formula is C17H18Br2N8O4. The third kappa shape index (κ3) is 3.07. The van der Waals surface area contributed by atoms with E-state index in [0.717, 1.165) is 9.13 Å². The van der Waals surface area contributed by atoms with Gasteiger partial charge in [-0.15, -0.1) is 0 Å². The van der Waals surface area contributed by atoms with Crippen LogP contribution in [0.2, 0.25) is 0 Å². The molecule has 0 aliphatic carbocycles. The van der Waals surface area contributed by atoms with Crippen LogP contribution < -0.4 is 22.5 Å². The van der Waals surface area contributed by atoms with E-state index in [1.54, 1.807) is 23.2 Å². The molecule has 12 nitrogen and oxygen atoms in total. The van der Waals surface area contributed by atoms with Crippen LogP contribution in [0.5, 0.6) is 0 Å². The van der Waals surface area contributed by atoms with Crippen LogP contribution in [0.25, 0.3) is 22.3 Å². The minimum atomic E-state index is -0.454. The quantitative estimate of drug-likeness (QED) is 0.320. The Kier molecular flexibility index (Phi) is 5.16. The minimum absolute atomic E-state index is 0.290. The molecular weight excluding hydrogens is 540 g/mol. The van der Waals surface area contributed by atoms with Crippen LogP contribution >= 0.6 is 31.9 Å². The van der Waals surface area contributed by atoms with Gasteiger partial charge in [0.1, 0.15) is 0 Å². The molecule has 4 aromatic rings. The molecule has 0 aliphatic rings.